The lowest BCUT2D eigenvalue weighted by Gasteiger charge is -2.03. The van der Waals surface area contributed by atoms with Crippen molar-refractivity contribution in [1.29, 1.82) is 0 Å². The van der Waals surface area contributed by atoms with Gasteiger partial charge in [0.1, 0.15) is 11.6 Å². The molecule has 0 saturated carbocycles. The average molecular weight is 318 g/mol. The van der Waals surface area contributed by atoms with Crippen molar-refractivity contribution in [2.24, 2.45) is 7.05 Å². The number of nitrogens with two attached hydrogens (primary N) is 2. The number of hydrogen-bond donors (Lipinski definition) is 2. The quantitative estimate of drug-likeness (QED) is 0.676. The van der Waals surface area contributed by atoms with Gasteiger partial charge in [-0.25, -0.2) is 0 Å². The van der Waals surface area contributed by atoms with Crippen molar-refractivity contribution in [1.82, 2.24) is 29.7 Å². The smallest absolute Gasteiger partial charge is 0.225 e. The Kier molecular flexibility index (Phi) is 3.67. The lowest BCUT2D eigenvalue weighted by molar-refractivity contribution is 0.534. The molecule has 0 radical (unpaired) electrons. The van der Waals surface area contributed by atoms with Crippen molar-refractivity contribution in [3.8, 4) is 11.4 Å². The first-order valence-corrected chi connectivity index (χ1v) is 7.35. The molecule has 0 aliphatic carbocycles. The van der Waals surface area contributed by atoms with Crippen molar-refractivity contribution in [3.63, 3.8) is 0 Å². The van der Waals surface area contributed by atoms with Gasteiger partial charge < -0.3 is 20.5 Å². The number of nitrogens with zero attached hydrogens (tertiary/aromatic N) is 6. The Morgan fingerprint density at radius 2 is 1.91 bits per heavy atom. The second-order valence-electron chi connectivity index (χ2n) is 4.51. The lowest BCUT2D eigenvalue weighted by atomic mass is 10.2. The molecule has 3 heterocycles. The molecule has 0 aliphatic rings. The molecule has 0 unspecified atom stereocenters. The highest BCUT2D eigenvalue weighted by molar-refractivity contribution is 7.98. The van der Waals surface area contributed by atoms with E-state index in [2.05, 4.69) is 25.1 Å². The summed E-state index contributed by atoms with van der Waals surface area (Å²) in [5.41, 5.74) is 12.0. The Labute approximate surface area is 130 Å². The normalized spacial score (nSPS) is 11.0. The Bertz CT molecular complexity index is 791. The molecular formula is C12H14N8OS. The van der Waals surface area contributed by atoms with Crippen molar-refractivity contribution in [2.75, 3.05) is 11.5 Å². The highest BCUT2D eigenvalue weighted by atomic mass is 32.2. The van der Waals surface area contributed by atoms with Crippen LogP contribution in [-0.2, 0) is 12.8 Å². The van der Waals surface area contributed by atoms with Crippen molar-refractivity contribution in [3.05, 3.63) is 23.9 Å². The fraction of sp³-hybridized carbons (Fsp3) is 0.250. The molecule has 3 aromatic heterocycles. The molecule has 10 heteroatoms. The third-order valence-corrected chi connectivity index (χ3v) is 4.00. The van der Waals surface area contributed by atoms with Gasteiger partial charge in [0.05, 0.1) is 17.6 Å². The van der Waals surface area contributed by atoms with E-state index in [-0.39, 0.29) is 11.9 Å². The molecule has 0 fully saturated rings. The van der Waals surface area contributed by atoms with Gasteiger partial charge in [0, 0.05) is 7.05 Å². The number of aromatic nitrogens is 6. The number of anilines is 2. The van der Waals surface area contributed by atoms with E-state index in [1.54, 1.807) is 6.26 Å². The third-order valence-electron chi connectivity index (χ3n) is 2.98. The predicted molar refractivity (Wildman–Crippen MR) is 81.7 cm³/mol. The number of hydrogen-bond acceptors (Lipinski definition) is 9. The van der Waals surface area contributed by atoms with Crippen molar-refractivity contribution in [2.45, 2.75) is 17.8 Å². The molecule has 0 aromatic carbocycles. The van der Waals surface area contributed by atoms with Crippen LogP contribution in [0.2, 0.25) is 0 Å². The third kappa shape index (κ3) is 2.72. The maximum Gasteiger partial charge on any atom is 0.225 e. The fourth-order valence-corrected chi connectivity index (χ4v) is 2.71. The molecule has 4 N–H and O–H groups in total. The first-order chi connectivity index (χ1) is 10.5. The summed E-state index contributed by atoms with van der Waals surface area (Å²) in [7, 11) is 1.89. The van der Waals surface area contributed by atoms with Gasteiger partial charge in [-0.2, -0.15) is 15.0 Å². The SMILES string of the molecule is Cc1occc1-c1nnc(SCc2nc(N)nc(N)n2)n1C. The molecule has 0 aliphatic heterocycles. The summed E-state index contributed by atoms with van der Waals surface area (Å²) < 4.78 is 7.18. The molecule has 114 valence electrons. The zero-order chi connectivity index (χ0) is 15.7. The minimum atomic E-state index is 0.107. The van der Waals surface area contributed by atoms with Gasteiger partial charge in [0.15, 0.2) is 11.0 Å². The first kappa shape index (κ1) is 14.3. The van der Waals surface area contributed by atoms with Crippen molar-refractivity contribution >= 4 is 23.7 Å². The summed E-state index contributed by atoms with van der Waals surface area (Å²) in [6.07, 6.45) is 1.63. The van der Waals surface area contributed by atoms with E-state index in [4.69, 9.17) is 15.9 Å². The predicted octanol–water partition coefficient (Wildman–Crippen LogP) is 1.03. The van der Waals surface area contributed by atoms with Crippen LogP contribution in [0.5, 0.6) is 0 Å². The van der Waals surface area contributed by atoms with E-state index in [0.29, 0.717) is 11.6 Å². The number of thioether (sulfide) groups is 1. The summed E-state index contributed by atoms with van der Waals surface area (Å²) in [5, 5.41) is 9.10. The van der Waals surface area contributed by atoms with Gasteiger partial charge in [-0.05, 0) is 13.0 Å². The van der Waals surface area contributed by atoms with Crippen LogP contribution in [0.15, 0.2) is 21.9 Å². The topological polar surface area (TPSA) is 135 Å². The maximum absolute atomic E-state index is 5.55. The second kappa shape index (κ2) is 5.64. The van der Waals surface area contributed by atoms with E-state index in [0.717, 1.165) is 22.3 Å². The van der Waals surface area contributed by atoms with Crippen LogP contribution in [0, 0.1) is 6.92 Å². The molecule has 3 rings (SSSR count). The van der Waals surface area contributed by atoms with E-state index in [1.807, 2.05) is 24.6 Å². The second-order valence-corrected chi connectivity index (χ2v) is 5.45. The van der Waals surface area contributed by atoms with Crippen molar-refractivity contribution < 1.29 is 4.42 Å². The minimum Gasteiger partial charge on any atom is -0.469 e. The van der Waals surface area contributed by atoms with Crippen LogP contribution in [0.4, 0.5) is 11.9 Å². The van der Waals surface area contributed by atoms with Gasteiger partial charge in [-0.3, -0.25) is 0 Å². The monoisotopic (exact) mass is 318 g/mol. The van der Waals surface area contributed by atoms with Crippen LogP contribution in [0.3, 0.4) is 0 Å². The Hall–Kier alpha value is -2.62. The fourth-order valence-electron chi connectivity index (χ4n) is 1.94. The molecule has 0 saturated heterocycles. The van der Waals surface area contributed by atoms with E-state index >= 15 is 0 Å². The lowest BCUT2D eigenvalue weighted by Crippen LogP contribution is -2.06. The maximum atomic E-state index is 5.55. The highest BCUT2D eigenvalue weighted by Crippen LogP contribution is 2.26. The first-order valence-electron chi connectivity index (χ1n) is 6.37. The zero-order valence-electron chi connectivity index (χ0n) is 12.0. The number of furan rings is 1. The van der Waals surface area contributed by atoms with Crippen LogP contribution in [0.1, 0.15) is 11.6 Å². The molecule has 0 amide bonds. The van der Waals surface area contributed by atoms with E-state index in [1.165, 1.54) is 11.8 Å². The molecule has 0 spiro atoms. The molecular weight excluding hydrogens is 304 g/mol. The summed E-state index contributed by atoms with van der Waals surface area (Å²) >= 11 is 1.44. The van der Waals surface area contributed by atoms with Gasteiger partial charge in [0.2, 0.25) is 11.9 Å². The van der Waals surface area contributed by atoms with E-state index < -0.39 is 0 Å². The summed E-state index contributed by atoms with van der Waals surface area (Å²) in [5.74, 6) is 2.71. The van der Waals surface area contributed by atoms with Gasteiger partial charge in [0.25, 0.3) is 0 Å². The van der Waals surface area contributed by atoms with Crippen LogP contribution < -0.4 is 11.5 Å². The van der Waals surface area contributed by atoms with Crippen LogP contribution in [-0.4, -0.2) is 29.7 Å². The average Bonchev–Trinajstić information content (AvgIpc) is 3.02. The summed E-state index contributed by atoms with van der Waals surface area (Å²) in [6.45, 7) is 1.88. The highest BCUT2D eigenvalue weighted by Gasteiger charge is 2.15. The van der Waals surface area contributed by atoms with Crippen LogP contribution in [0.25, 0.3) is 11.4 Å². The largest absolute Gasteiger partial charge is 0.469 e. The Balaban J connectivity index is 1.79. The Morgan fingerprint density at radius 3 is 2.55 bits per heavy atom. The molecule has 0 atom stereocenters. The molecule has 3 aromatic rings. The number of aryl methyl sites for hydroxylation is 1. The number of nitrogen functional groups attached to an aromatic ring is 2. The summed E-state index contributed by atoms with van der Waals surface area (Å²) in [6, 6.07) is 1.86. The van der Waals surface area contributed by atoms with Crippen LogP contribution >= 0.6 is 11.8 Å². The molecule has 0 bridgehead atoms. The standard InChI is InChI=1S/C12H14N8OS/c1-6-7(3-4-21-6)9-18-19-12(20(9)2)22-5-8-15-10(13)17-11(14)16-8/h3-4H,5H2,1-2H3,(H4,13,14,15,16,17). The summed E-state index contributed by atoms with van der Waals surface area (Å²) in [4.78, 5) is 11.8. The van der Waals surface area contributed by atoms with E-state index in [9.17, 15) is 0 Å². The number of rotatable bonds is 4. The minimum absolute atomic E-state index is 0.107. The zero-order valence-corrected chi connectivity index (χ0v) is 12.8. The van der Waals surface area contributed by atoms with Gasteiger partial charge in [-0.15, -0.1) is 10.2 Å². The molecule has 22 heavy (non-hydrogen) atoms. The van der Waals surface area contributed by atoms with Gasteiger partial charge in [-0.1, -0.05) is 11.8 Å². The molecule has 9 nitrogen and oxygen atoms in total. The van der Waals surface area contributed by atoms with Gasteiger partial charge >= 0.3 is 0 Å². The Morgan fingerprint density at radius 1 is 1.18 bits per heavy atom.